The van der Waals surface area contributed by atoms with Crippen molar-refractivity contribution in [3.05, 3.63) is 90.6 Å². The Labute approximate surface area is 229 Å². The molecular weight excluding hydrogens is 520 g/mol. The summed E-state index contributed by atoms with van der Waals surface area (Å²) in [5.74, 6) is 0.765. The maximum absolute atomic E-state index is 13.9. The Morgan fingerprint density at radius 3 is 2.54 bits per heavy atom. The van der Waals surface area contributed by atoms with Crippen molar-refractivity contribution in [1.29, 1.82) is 0 Å². The van der Waals surface area contributed by atoms with E-state index in [-0.39, 0.29) is 29.2 Å². The van der Waals surface area contributed by atoms with E-state index < -0.39 is 12.0 Å². The van der Waals surface area contributed by atoms with Crippen LogP contribution in [0.25, 0.3) is 6.08 Å². The predicted molar refractivity (Wildman–Crippen MR) is 149 cm³/mol. The molecule has 1 unspecified atom stereocenters. The Hall–Kier alpha value is -4.31. The number of phenolic OH excluding ortho intramolecular Hbond substituents is 1. The minimum absolute atomic E-state index is 0.0253. The summed E-state index contributed by atoms with van der Waals surface area (Å²) in [7, 11) is 4.53. The molecule has 10 heteroatoms. The van der Waals surface area contributed by atoms with Crippen LogP contribution in [0.2, 0.25) is 0 Å². The van der Waals surface area contributed by atoms with E-state index >= 15 is 0 Å². The van der Waals surface area contributed by atoms with Crippen LogP contribution in [-0.4, -0.2) is 43.6 Å². The van der Waals surface area contributed by atoms with Gasteiger partial charge in [0.2, 0.25) is 0 Å². The Kier molecular flexibility index (Phi) is 8.25. The van der Waals surface area contributed by atoms with Crippen molar-refractivity contribution in [1.82, 2.24) is 4.57 Å². The van der Waals surface area contributed by atoms with E-state index in [1.54, 1.807) is 63.4 Å². The molecule has 0 aliphatic carbocycles. The maximum Gasteiger partial charge on any atom is 0.338 e. The summed E-state index contributed by atoms with van der Waals surface area (Å²) in [4.78, 5) is 32.1. The monoisotopic (exact) mass is 550 g/mol. The molecule has 0 bridgehead atoms. The van der Waals surface area contributed by atoms with Crippen LogP contribution in [0.4, 0.5) is 0 Å². The molecule has 4 rings (SSSR count). The highest BCUT2D eigenvalue weighted by molar-refractivity contribution is 7.07. The largest absolute Gasteiger partial charge is 0.504 e. The lowest BCUT2D eigenvalue weighted by Crippen LogP contribution is -2.40. The minimum Gasteiger partial charge on any atom is -0.504 e. The van der Waals surface area contributed by atoms with Gasteiger partial charge in [-0.05, 0) is 56.2 Å². The van der Waals surface area contributed by atoms with Crippen molar-refractivity contribution < 1.29 is 28.8 Å². The number of thiazole rings is 1. The molecule has 0 radical (unpaired) electrons. The zero-order chi connectivity index (χ0) is 28.3. The molecule has 1 atom stereocenters. The second-order valence-corrected chi connectivity index (χ2v) is 9.64. The van der Waals surface area contributed by atoms with Crippen LogP contribution in [0, 0.1) is 0 Å². The molecule has 1 aromatic heterocycles. The topological polar surface area (TPSA) is 109 Å². The molecular formula is C29H30N2O7S. The number of ether oxygens (including phenoxy) is 4. The van der Waals surface area contributed by atoms with Crippen molar-refractivity contribution >= 4 is 23.4 Å². The second-order valence-electron chi connectivity index (χ2n) is 8.63. The van der Waals surface area contributed by atoms with E-state index in [0.29, 0.717) is 49.6 Å². The Morgan fingerprint density at radius 2 is 1.90 bits per heavy atom. The summed E-state index contributed by atoms with van der Waals surface area (Å²) in [5.41, 5.74) is 2.22. The zero-order valence-corrected chi connectivity index (χ0v) is 23.3. The molecule has 1 aliphatic rings. The lowest BCUT2D eigenvalue weighted by Gasteiger charge is -2.26. The van der Waals surface area contributed by atoms with E-state index in [4.69, 9.17) is 18.9 Å². The number of rotatable bonds is 9. The quantitative estimate of drug-likeness (QED) is 0.322. The highest BCUT2D eigenvalue weighted by Crippen LogP contribution is 2.38. The highest BCUT2D eigenvalue weighted by Gasteiger charge is 2.35. The van der Waals surface area contributed by atoms with Crippen molar-refractivity contribution in [2.24, 2.45) is 4.99 Å². The first-order chi connectivity index (χ1) is 18.8. The number of hydrogen-bond acceptors (Lipinski definition) is 9. The van der Waals surface area contributed by atoms with Crippen LogP contribution in [0.15, 0.2) is 64.0 Å². The molecule has 0 saturated heterocycles. The third kappa shape index (κ3) is 5.20. The summed E-state index contributed by atoms with van der Waals surface area (Å²) in [6.07, 6.45) is 3.81. The number of carbonyl (C=O) groups excluding carboxylic acids is 1. The van der Waals surface area contributed by atoms with Crippen LogP contribution < -0.4 is 29.1 Å². The van der Waals surface area contributed by atoms with Crippen LogP contribution in [0.3, 0.4) is 0 Å². The number of aromatic nitrogens is 1. The molecule has 0 fully saturated rings. The van der Waals surface area contributed by atoms with Crippen LogP contribution in [0.1, 0.15) is 36.6 Å². The van der Waals surface area contributed by atoms with Gasteiger partial charge in [-0.3, -0.25) is 9.36 Å². The number of allylic oxidation sites excluding steroid dienone is 2. The number of aromatic hydroxyl groups is 1. The normalized spacial score (nSPS) is 14.9. The Morgan fingerprint density at radius 1 is 1.15 bits per heavy atom. The number of esters is 1. The Bertz CT molecular complexity index is 1650. The van der Waals surface area contributed by atoms with Gasteiger partial charge < -0.3 is 24.1 Å². The Balaban J connectivity index is 1.99. The summed E-state index contributed by atoms with van der Waals surface area (Å²) >= 11 is 1.20. The summed E-state index contributed by atoms with van der Waals surface area (Å²) in [5, 5.41) is 10.5. The molecule has 0 saturated carbocycles. The van der Waals surface area contributed by atoms with Gasteiger partial charge in [0.1, 0.15) is 17.5 Å². The predicted octanol–water partition coefficient (Wildman–Crippen LogP) is 3.26. The molecule has 9 nitrogen and oxygen atoms in total. The van der Waals surface area contributed by atoms with E-state index in [2.05, 4.69) is 11.6 Å². The van der Waals surface area contributed by atoms with E-state index in [9.17, 15) is 14.7 Å². The van der Waals surface area contributed by atoms with E-state index in [0.717, 1.165) is 0 Å². The smallest absolute Gasteiger partial charge is 0.338 e. The molecule has 2 aromatic carbocycles. The van der Waals surface area contributed by atoms with E-state index in [1.807, 2.05) is 0 Å². The molecule has 0 spiro atoms. The SMILES string of the molecule is C=CCc1cc(C=c2sc3n(c2=O)C(c2ccc(OC)cc2OC)C(C(=O)OCC)=C(C)N=3)cc(OC)c1O. The number of hydrogen-bond donors (Lipinski definition) is 1. The minimum atomic E-state index is -0.839. The number of methoxy groups -OCH3 is 3. The van der Waals surface area contributed by atoms with Crippen LogP contribution >= 0.6 is 11.3 Å². The fraction of sp³-hybridized carbons (Fsp3) is 0.276. The molecule has 2 heterocycles. The molecule has 39 heavy (non-hydrogen) atoms. The van der Waals surface area contributed by atoms with Gasteiger partial charge in [-0.2, -0.15) is 0 Å². The average Bonchev–Trinajstić information content (AvgIpc) is 3.23. The first-order valence-corrected chi connectivity index (χ1v) is 13.0. The van der Waals surface area contributed by atoms with Gasteiger partial charge in [-0.15, -0.1) is 6.58 Å². The van der Waals surface area contributed by atoms with Crippen molar-refractivity contribution in [2.45, 2.75) is 26.3 Å². The van der Waals surface area contributed by atoms with Gasteiger partial charge >= 0.3 is 5.97 Å². The van der Waals surface area contributed by atoms with Crippen molar-refractivity contribution in [2.75, 3.05) is 27.9 Å². The molecule has 204 valence electrons. The fourth-order valence-corrected chi connectivity index (χ4v) is 5.57. The molecule has 1 N–H and O–H groups in total. The van der Waals surface area contributed by atoms with Gasteiger partial charge in [-0.1, -0.05) is 17.4 Å². The summed E-state index contributed by atoms with van der Waals surface area (Å²) < 4.78 is 23.6. The van der Waals surface area contributed by atoms with Crippen LogP contribution in [0.5, 0.6) is 23.0 Å². The lowest BCUT2D eigenvalue weighted by atomic mass is 9.95. The third-order valence-corrected chi connectivity index (χ3v) is 7.29. The van der Waals surface area contributed by atoms with Gasteiger partial charge in [0.25, 0.3) is 5.56 Å². The van der Waals surface area contributed by atoms with Gasteiger partial charge in [0.05, 0.1) is 43.7 Å². The number of phenols is 1. The first kappa shape index (κ1) is 27.7. The summed E-state index contributed by atoms with van der Waals surface area (Å²) in [6.45, 7) is 7.35. The third-order valence-electron chi connectivity index (χ3n) is 6.31. The standard InChI is InChI=1S/C29H30N2O7S/c1-7-9-18-12-17(13-22(37-6)26(18)32)14-23-27(33)31-25(20-11-10-19(35-4)15-21(20)36-5)24(28(34)38-8-2)16(3)30-29(31)39-23/h7,10-15,25,32H,1,8-9H2,2-6H3. The second kappa shape index (κ2) is 11.6. The number of benzene rings is 2. The summed E-state index contributed by atoms with van der Waals surface area (Å²) in [6, 6.07) is 7.80. The van der Waals surface area contributed by atoms with Crippen molar-refractivity contribution in [3.8, 4) is 23.0 Å². The maximum atomic E-state index is 13.9. The van der Waals surface area contributed by atoms with Crippen molar-refractivity contribution in [3.63, 3.8) is 0 Å². The zero-order valence-electron chi connectivity index (χ0n) is 22.4. The molecule has 0 amide bonds. The number of nitrogens with zero attached hydrogens (tertiary/aromatic N) is 2. The van der Waals surface area contributed by atoms with Gasteiger partial charge in [0.15, 0.2) is 16.3 Å². The van der Waals surface area contributed by atoms with E-state index in [1.165, 1.54) is 30.1 Å². The number of carbonyl (C=O) groups is 1. The fourth-order valence-electron chi connectivity index (χ4n) is 4.52. The van der Waals surface area contributed by atoms with Gasteiger partial charge in [-0.25, -0.2) is 9.79 Å². The highest BCUT2D eigenvalue weighted by atomic mass is 32.1. The lowest BCUT2D eigenvalue weighted by molar-refractivity contribution is -0.139. The molecule has 1 aliphatic heterocycles. The van der Waals surface area contributed by atoms with Crippen LogP contribution in [-0.2, 0) is 16.0 Å². The molecule has 3 aromatic rings. The number of fused-ring (bicyclic) bond motifs is 1. The average molecular weight is 551 g/mol. The first-order valence-electron chi connectivity index (χ1n) is 12.2. The van der Waals surface area contributed by atoms with Gasteiger partial charge in [0, 0.05) is 17.2 Å².